The summed E-state index contributed by atoms with van der Waals surface area (Å²) < 4.78 is 0. The van der Waals surface area contributed by atoms with Gasteiger partial charge in [-0.25, -0.2) is 0 Å². The van der Waals surface area contributed by atoms with E-state index in [2.05, 4.69) is 12.1 Å². The van der Waals surface area contributed by atoms with E-state index < -0.39 is 0 Å². The van der Waals surface area contributed by atoms with Gasteiger partial charge in [0.25, 0.3) is 5.91 Å². The summed E-state index contributed by atoms with van der Waals surface area (Å²) >= 11 is 0. The molecule has 0 unspecified atom stereocenters. The topological polar surface area (TPSA) is 20.3 Å². The van der Waals surface area contributed by atoms with E-state index in [0.717, 1.165) is 23.1 Å². The van der Waals surface area contributed by atoms with Crippen LogP contribution in [0.5, 0.6) is 0 Å². The Morgan fingerprint density at radius 2 is 1.29 bits per heavy atom. The fraction of sp³-hybridized carbons (Fsp3) is 0.136. The fourth-order valence-electron chi connectivity index (χ4n) is 2.83. The third-order valence-corrected chi connectivity index (χ3v) is 4.09. The van der Waals surface area contributed by atoms with Gasteiger partial charge in [-0.2, -0.15) is 0 Å². The smallest absolute Gasteiger partial charge is 0.254 e. The highest BCUT2D eigenvalue weighted by atomic mass is 16.2. The van der Waals surface area contributed by atoms with Crippen LogP contribution in [0.25, 0.3) is 0 Å². The number of benzene rings is 3. The molecule has 2 nitrogen and oxygen atoms in total. The van der Waals surface area contributed by atoms with Crippen molar-refractivity contribution in [1.82, 2.24) is 4.90 Å². The third kappa shape index (κ3) is 3.90. The number of hydrogen-bond donors (Lipinski definition) is 0. The van der Waals surface area contributed by atoms with E-state index in [9.17, 15) is 4.79 Å². The van der Waals surface area contributed by atoms with Gasteiger partial charge in [-0.05, 0) is 29.2 Å². The summed E-state index contributed by atoms with van der Waals surface area (Å²) in [7, 11) is 1.86. The minimum atomic E-state index is 0.0605. The lowest BCUT2D eigenvalue weighted by molar-refractivity contribution is 0.0784. The predicted octanol–water partition coefficient (Wildman–Crippen LogP) is 4.55. The fourth-order valence-corrected chi connectivity index (χ4v) is 2.83. The molecule has 0 radical (unpaired) electrons. The Kier molecular flexibility index (Phi) is 5.07. The SMILES string of the molecule is CN(Cc1ccccc1)C(=O)c1ccccc1Cc1ccccc1. The van der Waals surface area contributed by atoms with Gasteiger partial charge in [0.15, 0.2) is 0 Å². The maximum atomic E-state index is 12.9. The van der Waals surface area contributed by atoms with Gasteiger partial charge in [0, 0.05) is 19.2 Å². The Bertz CT molecular complexity index is 796. The summed E-state index contributed by atoms with van der Waals surface area (Å²) in [6.45, 7) is 0.610. The number of carbonyl (C=O) groups excluding carboxylic acids is 1. The summed E-state index contributed by atoms with van der Waals surface area (Å²) in [6, 6.07) is 28.2. The highest BCUT2D eigenvalue weighted by molar-refractivity contribution is 5.95. The summed E-state index contributed by atoms with van der Waals surface area (Å²) in [5, 5.41) is 0. The molecular weight excluding hydrogens is 294 g/mol. The molecule has 0 spiro atoms. The Hall–Kier alpha value is -2.87. The van der Waals surface area contributed by atoms with E-state index in [1.807, 2.05) is 79.8 Å². The van der Waals surface area contributed by atoms with Crippen molar-refractivity contribution in [3.8, 4) is 0 Å². The zero-order valence-electron chi connectivity index (χ0n) is 13.9. The zero-order valence-corrected chi connectivity index (χ0v) is 13.9. The first-order valence-corrected chi connectivity index (χ1v) is 8.15. The van der Waals surface area contributed by atoms with Crippen molar-refractivity contribution < 1.29 is 4.79 Å². The molecule has 3 aromatic carbocycles. The minimum Gasteiger partial charge on any atom is -0.337 e. The van der Waals surface area contributed by atoms with Crippen molar-refractivity contribution >= 4 is 5.91 Å². The van der Waals surface area contributed by atoms with E-state index in [1.54, 1.807) is 4.90 Å². The summed E-state index contributed by atoms with van der Waals surface area (Å²) in [6.07, 6.45) is 0.766. The minimum absolute atomic E-state index is 0.0605. The summed E-state index contributed by atoms with van der Waals surface area (Å²) in [5.74, 6) is 0.0605. The Labute approximate surface area is 143 Å². The number of carbonyl (C=O) groups is 1. The molecule has 0 saturated carbocycles. The van der Waals surface area contributed by atoms with Crippen LogP contribution in [0.15, 0.2) is 84.9 Å². The maximum absolute atomic E-state index is 12.9. The zero-order chi connectivity index (χ0) is 16.8. The van der Waals surface area contributed by atoms with Crippen LogP contribution in [-0.2, 0) is 13.0 Å². The molecule has 0 aliphatic heterocycles. The van der Waals surface area contributed by atoms with Gasteiger partial charge in [0.05, 0.1) is 0 Å². The van der Waals surface area contributed by atoms with Crippen LogP contribution in [0.4, 0.5) is 0 Å². The van der Waals surface area contributed by atoms with Gasteiger partial charge in [-0.15, -0.1) is 0 Å². The Balaban J connectivity index is 1.79. The van der Waals surface area contributed by atoms with Crippen LogP contribution in [0.2, 0.25) is 0 Å². The number of hydrogen-bond acceptors (Lipinski definition) is 1. The molecule has 0 N–H and O–H groups in total. The quantitative estimate of drug-likeness (QED) is 0.676. The molecule has 120 valence electrons. The first-order valence-electron chi connectivity index (χ1n) is 8.15. The lowest BCUT2D eigenvalue weighted by Gasteiger charge is -2.19. The first-order chi connectivity index (χ1) is 11.7. The van der Waals surface area contributed by atoms with Crippen LogP contribution in [0, 0.1) is 0 Å². The second-order valence-electron chi connectivity index (χ2n) is 5.97. The van der Waals surface area contributed by atoms with Gasteiger partial charge in [-0.3, -0.25) is 4.79 Å². The van der Waals surface area contributed by atoms with Crippen molar-refractivity contribution in [2.24, 2.45) is 0 Å². The second-order valence-corrected chi connectivity index (χ2v) is 5.97. The predicted molar refractivity (Wildman–Crippen MR) is 97.9 cm³/mol. The van der Waals surface area contributed by atoms with E-state index in [0.29, 0.717) is 6.54 Å². The third-order valence-electron chi connectivity index (χ3n) is 4.09. The molecule has 0 bridgehead atoms. The van der Waals surface area contributed by atoms with E-state index in [4.69, 9.17) is 0 Å². The number of nitrogens with zero attached hydrogens (tertiary/aromatic N) is 1. The van der Waals surface area contributed by atoms with E-state index in [-0.39, 0.29) is 5.91 Å². The van der Waals surface area contributed by atoms with Gasteiger partial charge in [-0.1, -0.05) is 78.9 Å². The van der Waals surface area contributed by atoms with Gasteiger partial charge in [0.1, 0.15) is 0 Å². The summed E-state index contributed by atoms with van der Waals surface area (Å²) in [4.78, 5) is 14.7. The Morgan fingerprint density at radius 1 is 0.750 bits per heavy atom. The molecule has 3 aromatic rings. The largest absolute Gasteiger partial charge is 0.337 e. The van der Waals surface area contributed by atoms with Crippen LogP contribution < -0.4 is 0 Å². The standard InChI is InChI=1S/C22H21NO/c1-23(17-19-12-6-3-7-13-19)22(24)21-15-9-8-14-20(21)16-18-10-4-2-5-11-18/h2-15H,16-17H2,1H3. The highest BCUT2D eigenvalue weighted by Gasteiger charge is 2.15. The van der Waals surface area contributed by atoms with Crippen molar-refractivity contribution in [1.29, 1.82) is 0 Å². The van der Waals surface area contributed by atoms with Crippen LogP contribution in [0.1, 0.15) is 27.0 Å². The molecular formula is C22H21NO. The average Bonchev–Trinajstić information content (AvgIpc) is 2.63. The first kappa shape index (κ1) is 16.0. The Morgan fingerprint density at radius 3 is 1.96 bits per heavy atom. The molecule has 0 fully saturated rings. The average molecular weight is 315 g/mol. The van der Waals surface area contributed by atoms with Crippen LogP contribution in [-0.4, -0.2) is 17.9 Å². The van der Waals surface area contributed by atoms with Crippen molar-refractivity contribution in [2.45, 2.75) is 13.0 Å². The maximum Gasteiger partial charge on any atom is 0.254 e. The van der Waals surface area contributed by atoms with Gasteiger partial charge >= 0.3 is 0 Å². The molecule has 0 aliphatic rings. The molecule has 0 saturated heterocycles. The molecule has 0 aliphatic carbocycles. The highest BCUT2D eigenvalue weighted by Crippen LogP contribution is 2.17. The van der Waals surface area contributed by atoms with Crippen molar-refractivity contribution in [2.75, 3.05) is 7.05 Å². The number of amides is 1. The van der Waals surface area contributed by atoms with Crippen LogP contribution >= 0.6 is 0 Å². The molecule has 1 amide bonds. The molecule has 24 heavy (non-hydrogen) atoms. The van der Waals surface area contributed by atoms with E-state index in [1.165, 1.54) is 5.56 Å². The molecule has 0 heterocycles. The summed E-state index contributed by atoms with van der Waals surface area (Å²) in [5.41, 5.74) is 4.19. The lowest BCUT2D eigenvalue weighted by Crippen LogP contribution is -2.27. The van der Waals surface area contributed by atoms with Crippen molar-refractivity contribution in [3.63, 3.8) is 0 Å². The lowest BCUT2D eigenvalue weighted by atomic mass is 9.99. The number of rotatable bonds is 5. The monoisotopic (exact) mass is 315 g/mol. The van der Waals surface area contributed by atoms with Crippen molar-refractivity contribution in [3.05, 3.63) is 107 Å². The van der Waals surface area contributed by atoms with Gasteiger partial charge in [0.2, 0.25) is 0 Å². The van der Waals surface area contributed by atoms with Gasteiger partial charge < -0.3 is 4.90 Å². The van der Waals surface area contributed by atoms with Crippen LogP contribution in [0.3, 0.4) is 0 Å². The van der Waals surface area contributed by atoms with E-state index >= 15 is 0 Å². The molecule has 0 atom stereocenters. The second kappa shape index (κ2) is 7.60. The molecule has 3 rings (SSSR count). The molecule has 2 heteroatoms. The normalized spacial score (nSPS) is 10.4. The molecule has 0 aromatic heterocycles.